The van der Waals surface area contributed by atoms with Crippen molar-refractivity contribution in [2.75, 3.05) is 0 Å². The standard InChI is InChI=1S/C13H23N3O2/c1-5-7-13(4,12(17)18)14-9-11-8-10(3)15-16(11)6-2/h8,14H,5-7,9H2,1-4H3,(H,17,18). The van der Waals surface area contributed by atoms with Crippen LogP contribution in [0.2, 0.25) is 0 Å². The lowest BCUT2D eigenvalue weighted by molar-refractivity contribution is -0.144. The largest absolute Gasteiger partial charge is 0.480 e. The van der Waals surface area contributed by atoms with Gasteiger partial charge in [0, 0.05) is 13.1 Å². The first kappa shape index (κ1) is 14.7. The number of hydrogen-bond donors (Lipinski definition) is 2. The zero-order chi connectivity index (χ0) is 13.8. The molecule has 102 valence electrons. The Hall–Kier alpha value is -1.36. The summed E-state index contributed by atoms with van der Waals surface area (Å²) in [4.78, 5) is 11.3. The zero-order valence-corrected chi connectivity index (χ0v) is 11.7. The molecule has 5 nitrogen and oxygen atoms in total. The highest BCUT2D eigenvalue weighted by atomic mass is 16.4. The number of aryl methyl sites for hydroxylation is 2. The summed E-state index contributed by atoms with van der Waals surface area (Å²) in [6, 6.07) is 1.99. The van der Waals surface area contributed by atoms with Crippen LogP contribution in [0.4, 0.5) is 0 Å². The van der Waals surface area contributed by atoms with Crippen LogP contribution in [-0.2, 0) is 17.9 Å². The minimum absolute atomic E-state index is 0.525. The number of hydrogen-bond acceptors (Lipinski definition) is 3. The van der Waals surface area contributed by atoms with Crippen molar-refractivity contribution in [1.82, 2.24) is 15.1 Å². The third-order valence-electron chi connectivity index (χ3n) is 3.17. The minimum atomic E-state index is -0.870. The van der Waals surface area contributed by atoms with Gasteiger partial charge in [0.25, 0.3) is 0 Å². The number of nitrogens with one attached hydrogen (secondary N) is 1. The van der Waals surface area contributed by atoms with Crippen molar-refractivity contribution >= 4 is 5.97 Å². The van der Waals surface area contributed by atoms with Crippen molar-refractivity contribution < 1.29 is 9.90 Å². The van der Waals surface area contributed by atoms with Gasteiger partial charge < -0.3 is 5.11 Å². The molecule has 5 heteroatoms. The summed E-state index contributed by atoms with van der Waals surface area (Å²) in [5.74, 6) is -0.802. The highest BCUT2D eigenvalue weighted by Gasteiger charge is 2.31. The molecule has 1 unspecified atom stereocenters. The molecular weight excluding hydrogens is 230 g/mol. The van der Waals surface area contributed by atoms with Crippen molar-refractivity contribution in [3.8, 4) is 0 Å². The summed E-state index contributed by atoms with van der Waals surface area (Å²) in [5, 5.41) is 16.8. The third kappa shape index (κ3) is 3.32. The molecule has 0 saturated heterocycles. The molecule has 0 radical (unpaired) electrons. The first-order chi connectivity index (χ1) is 8.42. The average molecular weight is 253 g/mol. The molecule has 18 heavy (non-hydrogen) atoms. The Balaban J connectivity index is 2.75. The fourth-order valence-corrected chi connectivity index (χ4v) is 2.07. The van der Waals surface area contributed by atoms with Crippen LogP contribution in [0.3, 0.4) is 0 Å². The van der Waals surface area contributed by atoms with Crippen LogP contribution in [0.1, 0.15) is 45.0 Å². The predicted octanol–water partition coefficient (Wildman–Crippen LogP) is 1.94. The van der Waals surface area contributed by atoms with Crippen LogP contribution in [0, 0.1) is 6.92 Å². The Kier molecular flexibility index (Phi) is 4.90. The van der Waals surface area contributed by atoms with E-state index < -0.39 is 11.5 Å². The summed E-state index contributed by atoms with van der Waals surface area (Å²) in [5.41, 5.74) is 1.12. The van der Waals surface area contributed by atoms with Gasteiger partial charge >= 0.3 is 5.97 Å². The molecule has 1 aromatic rings. The number of nitrogens with zero attached hydrogens (tertiary/aromatic N) is 2. The normalized spacial score (nSPS) is 14.4. The third-order valence-corrected chi connectivity index (χ3v) is 3.17. The number of carboxylic acids is 1. The van der Waals surface area contributed by atoms with Crippen molar-refractivity contribution in [2.24, 2.45) is 0 Å². The Morgan fingerprint density at radius 3 is 2.72 bits per heavy atom. The van der Waals surface area contributed by atoms with Crippen LogP contribution in [0.15, 0.2) is 6.07 Å². The summed E-state index contributed by atoms with van der Waals surface area (Å²) >= 11 is 0. The van der Waals surface area contributed by atoms with E-state index in [1.54, 1.807) is 6.92 Å². The lowest BCUT2D eigenvalue weighted by Crippen LogP contribution is -2.49. The van der Waals surface area contributed by atoms with Gasteiger partial charge in [0.15, 0.2) is 0 Å². The molecular formula is C13H23N3O2. The van der Waals surface area contributed by atoms with Crippen LogP contribution in [0.5, 0.6) is 0 Å². The lowest BCUT2D eigenvalue weighted by atomic mass is 9.96. The molecule has 0 spiro atoms. The lowest BCUT2D eigenvalue weighted by Gasteiger charge is -2.26. The molecule has 0 aliphatic carbocycles. The van der Waals surface area contributed by atoms with E-state index in [0.29, 0.717) is 13.0 Å². The Labute approximate surface area is 108 Å². The number of aliphatic carboxylic acids is 1. The number of carboxylic acid groups (broad SMARTS) is 1. The van der Waals surface area contributed by atoms with E-state index in [4.69, 9.17) is 0 Å². The Morgan fingerprint density at radius 2 is 2.22 bits per heavy atom. The topological polar surface area (TPSA) is 67.2 Å². The molecule has 0 saturated carbocycles. The van der Waals surface area contributed by atoms with Gasteiger partial charge in [-0.15, -0.1) is 0 Å². The fourth-order valence-electron chi connectivity index (χ4n) is 2.07. The second-order valence-electron chi connectivity index (χ2n) is 4.83. The average Bonchev–Trinajstić information content (AvgIpc) is 2.67. The van der Waals surface area contributed by atoms with Gasteiger partial charge in [-0.3, -0.25) is 14.8 Å². The van der Waals surface area contributed by atoms with Crippen molar-refractivity contribution in [3.63, 3.8) is 0 Å². The van der Waals surface area contributed by atoms with Crippen LogP contribution in [-0.4, -0.2) is 26.4 Å². The van der Waals surface area contributed by atoms with Crippen molar-refractivity contribution in [2.45, 2.75) is 59.2 Å². The van der Waals surface area contributed by atoms with Gasteiger partial charge in [0.2, 0.25) is 0 Å². The second kappa shape index (κ2) is 6.00. The maximum atomic E-state index is 11.3. The van der Waals surface area contributed by atoms with Gasteiger partial charge in [-0.1, -0.05) is 13.3 Å². The van der Waals surface area contributed by atoms with Gasteiger partial charge in [0.1, 0.15) is 5.54 Å². The van der Waals surface area contributed by atoms with Gasteiger partial charge in [-0.2, -0.15) is 5.10 Å². The van der Waals surface area contributed by atoms with E-state index in [2.05, 4.69) is 10.4 Å². The molecule has 1 atom stereocenters. The van der Waals surface area contributed by atoms with E-state index in [0.717, 1.165) is 24.4 Å². The number of rotatable bonds is 7. The van der Waals surface area contributed by atoms with E-state index in [9.17, 15) is 9.90 Å². The fraction of sp³-hybridized carbons (Fsp3) is 0.692. The molecule has 0 aromatic carbocycles. The first-order valence-electron chi connectivity index (χ1n) is 6.44. The molecule has 1 heterocycles. The maximum absolute atomic E-state index is 11.3. The molecule has 0 bridgehead atoms. The summed E-state index contributed by atoms with van der Waals surface area (Å²) < 4.78 is 1.90. The monoisotopic (exact) mass is 253 g/mol. The van der Waals surface area contributed by atoms with Gasteiger partial charge in [0.05, 0.1) is 11.4 Å². The molecule has 0 fully saturated rings. The first-order valence-corrected chi connectivity index (χ1v) is 6.44. The summed E-state index contributed by atoms with van der Waals surface area (Å²) in [7, 11) is 0. The maximum Gasteiger partial charge on any atom is 0.323 e. The minimum Gasteiger partial charge on any atom is -0.480 e. The summed E-state index contributed by atoms with van der Waals surface area (Å²) in [6.07, 6.45) is 1.45. The van der Waals surface area contributed by atoms with Crippen molar-refractivity contribution in [3.05, 3.63) is 17.5 Å². The molecule has 0 aliphatic heterocycles. The molecule has 0 aliphatic rings. The summed E-state index contributed by atoms with van der Waals surface area (Å²) in [6.45, 7) is 9.01. The second-order valence-corrected chi connectivity index (χ2v) is 4.83. The highest BCUT2D eigenvalue weighted by molar-refractivity contribution is 5.78. The van der Waals surface area contributed by atoms with Gasteiger partial charge in [-0.05, 0) is 33.3 Å². The molecule has 2 N–H and O–H groups in total. The van der Waals surface area contributed by atoms with E-state index >= 15 is 0 Å². The zero-order valence-electron chi connectivity index (χ0n) is 11.7. The quantitative estimate of drug-likeness (QED) is 0.779. The predicted molar refractivity (Wildman–Crippen MR) is 70.4 cm³/mol. The molecule has 0 amide bonds. The SMILES string of the molecule is CCCC(C)(NCc1cc(C)nn1CC)C(=O)O. The van der Waals surface area contributed by atoms with Gasteiger partial charge in [-0.25, -0.2) is 0 Å². The van der Waals surface area contributed by atoms with Crippen molar-refractivity contribution in [1.29, 1.82) is 0 Å². The van der Waals surface area contributed by atoms with Crippen LogP contribution in [0.25, 0.3) is 0 Å². The van der Waals surface area contributed by atoms with Crippen LogP contribution >= 0.6 is 0 Å². The number of aromatic nitrogens is 2. The Bertz CT molecular complexity index is 414. The Morgan fingerprint density at radius 1 is 1.56 bits per heavy atom. The molecule has 1 aromatic heterocycles. The van der Waals surface area contributed by atoms with E-state index in [1.165, 1.54) is 0 Å². The van der Waals surface area contributed by atoms with E-state index in [1.807, 2.05) is 31.5 Å². The number of carbonyl (C=O) groups is 1. The smallest absolute Gasteiger partial charge is 0.323 e. The van der Waals surface area contributed by atoms with Crippen LogP contribution < -0.4 is 5.32 Å². The van der Waals surface area contributed by atoms with E-state index in [-0.39, 0.29) is 0 Å². The highest BCUT2D eigenvalue weighted by Crippen LogP contribution is 2.14. The molecule has 1 rings (SSSR count).